The van der Waals surface area contributed by atoms with Crippen molar-refractivity contribution < 1.29 is 9.72 Å². The molecule has 3 aromatic heterocycles. The van der Waals surface area contributed by atoms with Gasteiger partial charge in [-0.3, -0.25) is 29.9 Å². The van der Waals surface area contributed by atoms with Gasteiger partial charge in [-0.05, 0) is 31.9 Å². The number of nitrogens with zero attached hydrogens (tertiary/aromatic N) is 6. The van der Waals surface area contributed by atoms with Crippen molar-refractivity contribution in [2.24, 2.45) is 4.99 Å². The molecule has 0 bridgehead atoms. The normalized spacial score (nSPS) is 15.9. The zero-order valence-corrected chi connectivity index (χ0v) is 17.8. The molecule has 0 spiro atoms. The molecule has 2 aliphatic rings. The first-order chi connectivity index (χ1) is 14.3. The summed E-state index contributed by atoms with van der Waals surface area (Å²) < 4.78 is 1.97. The zero-order valence-electron chi connectivity index (χ0n) is 14.6. The number of H-pyrrole nitrogens is 2. The summed E-state index contributed by atoms with van der Waals surface area (Å²) in [5.41, 5.74) is 0.586. The Morgan fingerprint density at radius 1 is 1.27 bits per heavy atom. The molecular formula is C16H8Br2N8O4. The van der Waals surface area contributed by atoms with Crippen molar-refractivity contribution in [2.75, 3.05) is 6.54 Å². The molecule has 12 nitrogen and oxygen atoms in total. The van der Waals surface area contributed by atoms with E-state index >= 15 is 0 Å². The number of hydrogen-bond acceptors (Lipinski definition) is 8. The Kier molecular flexibility index (Phi) is 4.08. The average molecular weight is 536 g/mol. The first-order valence-corrected chi connectivity index (χ1v) is 9.88. The van der Waals surface area contributed by atoms with E-state index in [0.29, 0.717) is 27.1 Å². The molecule has 2 N–H and O–H groups in total. The monoisotopic (exact) mass is 534 g/mol. The first-order valence-electron chi connectivity index (χ1n) is 8.30. The van der Waals surface area contributed by atoms with Crippen LogP contribution in [-0.2, 0) is 4.79 Å². The molecule has 0 aliphatic carbocycles. The van der Waals surface area contributed by atoms with Gasteiger partial charge in [0.2, 0.25) is 0 Å². The number of halogens is 2. The predicted octanol–water partition coefficient (Wildman–Crippen LogP) is 1.96. The number of hydrogen-bond donors (Lipinski definition) is 2. The summed E-state index contributed by atoms with van der Waals surface area (Å²) in [6.45, 7) is 0.0816. The van der Waals surface area contributed by atoms with Gasteiger partial charge in [-0.1, -0.05) is 0 Å². The number of aromatic amines is 2. The van der Waals surface area contributed by atoms with Gasteiger partial charge in [0.05, 0.1) is 11.5 Å². The minimum Gasteiger partial charge on any atom is -0.323 e. The van der Waals surface area contributed by atoms with E-state index in [1.54, 1.807) is 11.1 Å². The summed E-state index contributed by atoms with van der Waals surface area (Å²) in [4.78, 5) is 44.9. The summed E-state index contributed by atoms with van der Waals surface area (Å²) in [6.07, 6.45) is 5.90. The molecule has 150 valence electrons. The average Bonchev–Trinajstić information content (AvgIpc) is 3.36. The number of aliphatic imine (C=N–C) groups is 1. The Morgan fingerprint density at radius 2 is 2.07 bits per heavy atom. The van der Waals surface area contributed by atoms with Crippen molar-refractivity contribution >= 4 is 60.8 Å². The summed E-state index contributed by atoms with van der Waals surface area (Å²) in [5, 5.41) is 21.2. The van der Waals surface area contributed by atoms with Crippen molar-refractivity contribution in [1.29, 1.82) is 0 Å². The van der Waals surface area contributed by atoms with Gasteiger partial charge in [-0.15, -0.1) is 0 Å². The highest BCUT2D eigenvalue weighted by Crippen LogP contribution is 2.37. The van der Waals surface area contributed by atoms with E-state index in [1.165, 1.54) is 23.1 Å². The second-order valence-corrected chi connectivity index (χ2v) is 7.96. The highest BCUT2D eigenvalue weighted by atomic mass is 79.9. The lowest BCUT2D eigenvalue weighted by molar-refractivity contribution is -0.384. The van der Waals surface area contributed by atoms with Gasteiger partial charge in [-0.25, -0.2) is 14.5 Å². The molecule has 14 heteroatoms. The van der Waals surface area contributed by atoms with Crippen LogP contribution in [0.3, 0.4) is 0 Å². The molecule has 0 radical (unpaired) electrons. The number of carbonyl (C=O) groups excluding carboxylic acids is 1. The smallest absolute Gasteiger partial charge is 0.322 e. The van der Waals surface area contributed by atoms with Crippen LogP contribution in [0.1, 0.15) is 5.69 Å². The standard InChI is InChI=1S/C16H8Br2N8O4/c17-9-8(27)5-24-3-6(1-19-14(9)24)11-13(26(29)30)12(22-21-11)7-2-20-15-10(18)16(28)23-25(15)4-7/h1-4H,5H2,(H,21,22)(H,23,28). The van der Waals surface area contributed by atoms with Gasteiger partial charge in [0.1, 0.15) is 14.6 Å². The highest BCUT2D eigenvalue weighted by Gasteiger charge is 2.33. The van der Waals surface area contributed by atoms with Gasteiger partial charge in [-0.2, -0.15) is 5.10 Å². The van der Waals surface area contributed by atoms with E-state index in [-0.39, 0.29) is 39.4 Å². The summed E-state index contributed by atoms with van der Waals surface area (Å²) in [6, 6.07) is 0. The van der Waals surface area contributed by atoms with Crippen LogP contribution in [0, 0.1) is 10.1 Å². The Labute approximate surface area is 182 Å². The van der Waals surface area contributed by atoms with E-state index in [2.05, 4.69) is 57.1 Å². The van der Waals surface area contributed by atoms with Crippen molar-refractivity contribution in [3.8, 4) is 11.3 Å². The zero-order chi connectivity index (χ0) is 21.2. The lowest BCUT2D eigenvalue weighted by Gasteiger charge is -2.17. The summed E-state index contributed by atoms with van der Waals surface area (Å²) >= 11 is 6.34. The fourth-order valence-electron chi connectivity index (χ4n) is 3.22. The molecule has 0 fully saturated rings. The number of aromatic nitrogens is 5. The topological polar surface area (TPSA) is 155 Å². The van der Waals surface area contributed by atoms with Crippen molar-refractivity contribution in [1.82, 2.24) is 29.7 Å². The van der Waals surface area contributed by atoms with E-state index in [4.69, 9.17) is 0 Å². The van der Waals surface area contributed by atoms with Gasteiger partial charge >= 0.3 is 5.69 Å². The number of nitro groups is 1. The minimum atomic E-state index is -0.558. The Hall–Kier alpha value is -3.39. The molecule has 5 rings (SSSR count). The van der Waals surface area contributed by atoms with E-state index in [1.807, 2.05) is 0 Å². The van der Waals surface area contributed by atoms with Gasteiger partial charge in [0.15, 0.2) is 22.9 Å². The maximum atomic E-state index is 11.9. The van der Waals surface area contributed by atoms with Crippen LogP contribution in [0.15, 0.2) is 43.2 Å². The maximum absolute atomic E-state index is 11.9. The largest absolute Gasteiger partial charge is 0.323 e. The van der Waals surface area contributed by atoms with Crippen LogP contribution in [0.4, 0.5) is 5.69 Å². The molecule has 5 heterocycles. The minimum absolute atomic E-state index is 0.0653. The first kappa shape index (κ1) is 18.6. The number of fused-ring (bicyclic) bond motifs is 2. The second kappa shape index (κ2) is 6.56. The molecule has 3 aromatic rings. The van der Waals surface area contributed by atoms with Gasteiger partial charge < -0.3 is 4.90 Å². The SMILES string of the molecule is O=C1CN2C=C(c3n[nH]c(-c4cnc5c(Br)c(=O)[nH]n5c4)c3[N+](=O)[O-])C=NC2=C1Br. The molecular weight excluding hydrogens is 528 g/mol. The van der Waals surface area contributed by atoms with Crippen molar-refractivity contribution in [3.63, 3.8) is 0 Å². The Balaban J connectivity index is 1.62. The van der Waals surface area contributed by atoms with Crippen LogP contribution < -0.4 is 5.56 Å². The van der Waals surface area contributed by atoms with Crippen LogP contribution in [-0.4, -0.2) is 53.2 Å². The lowest BCUT2D eigenvalue weighted by atomic mass is 10.1. The fraction of sp³-hybridized carbons (Fsp3) is 0.0625. The molecule has 0 atom stereocenters. The molecule has 0 saturated heterocycles. The van der Waals surface area contributed by atoms with Crippen LogP contribution in [0.2, 0.25) is 0 Å². The summed E-state index contributed by atoms with van der Waals surface area (Å²) in [5.74, 6) is 0.307. The third kappa shape index (κ3) is 2.68. The fourth-order valence-corrected chi connectivity index (χ4v) is 4.06. The van der Waals surface area contributed by atoms with E-state index < -0.39 is 4.92 Å². The van der Waals surface area contributed by atoms with Gasteiger partial charge in [0, 0.05) is 35.9 Å². The van der Waals surface area contributed by atoms with E-state index in [0.717, 1.165) is 0 Å². The van der Waals surface area contributed by atoms with Crippen LogP contribution in [0.25, 0.3) is 22.5 Å². The number of Topliss-reactive ketones (excluding diaryl/α,β-unsaturated/α-hetero) is 1. The van der Waals surface area contributed by atoms with Crippen molar-refractivity contribution in [3.05, 3.63) is 59.5 Å². The quantitative estimate of drug-likeness (QED) is 0.383. The molecule has 0 aromatic carbocycles. The van der Waals surface area contributed by atoms with E-state index in [9.17, 15) is 19.7 Å². The molecule has 0 saturated carbocycles. The summed E-state index contributed by atoms with van der Waals surface area (Å²) in [7, 11) is 0. The van der Waals surface area contributed by atoms with Crippen LogP contribution >= 0.6 is 31.9 Å². The highest BCUT2D eigenvalue weighted by molar-refractivity contribution is 9.12. The second-order valence-electron chi connectivity index (χ2n) is 6.38. The molecule has 0 unspecified atom stereocenters. The van der Waals surface area contributed by atoms with Gasteiger partial charge in [0.25, 0.3) is 5.56 Å². The third-order valence-corrected chi connectivity index (χ3v) is 6.08. The molecule has 0 amide bonds. The maximum Gasteiger partial charge on any atom is 0.322 e. The number of nitrogens with one attached hydrogen (secondary N) is 2. The molecule has 30 heavy (non-hydrogen) atoms. The number of ketones is 1. The lowest BCUT2D eigenvalue weighted by Crippen LogP contribution is -2.18. The van der Waals surface area contributed by atoms with Crippen LogP contribution in [0.5, 0.6) is 0 Å². The predicted molar refractivity (Wildman–Crippen MR) is 112 cm³/mol. The number of rotatable bonds is 3. The number of carbonyl (C=O) groups is 1. The van der Waals surface area contributed by atoms with Crippen molar-refractivity contribution in [2.45, 2.75) is 0 Å². The Morgan fingerprint density at radius 3 is 2.83 bits per heavy atom. The number of allylic oxidation sites excluding steroid dienone is 1. The third-order valence-electron chi connectivity index (χ3n) is 4.57. The molecule has 2 aliphatic heterocycles. The Bertz CT molecular complexity index is 1430.